The predicted octanol–water partition coefficient (Wildman–Crippen LogP) is 16.9. The highest BCUT2D eigenvalue weighted by Gasteiger charge is 2.34. The molecule has 0 atom stereocenters. The third-order valence-corrected chi connectivity index (χ3v) is 14.1. The molecule has 4 nitrogen and oxygen atoms in total. The lowest BCUT2D eigenvalue weighted by molar-refractivity contribution is 0.669. The number of benzene rings is 11. The second kappa shape index (κ2) is 18.2. The van der Waals surface area contributed by atoms with Gasteiger partial charge in [0.25, 0.3) is 0 Å². The summed E-state index contributed by atoms with van der Waals surface area (Å²) < 4.78 is 7.13. The SMILES string of the molecule is Cc1cc(-c2ccccc2)ccc1N1c2ccc(N(c3ccccc3)c3ccccc3)cc2Bc2c(-c3cc(-c4ccccc4)ccc3Nc3cccc(-c4ccccc4)c3)cc3c(oc4ccccc43)c21. The van der Waals surface area contributed by atoms with Gasteiger partial charge < -0.3 is 19.5 Å². The molecule has 0 radical (unpaired) electrons. The molecule has 12 aromatic rings. The molecule has 0 aliphatic carbocycles. The number of hydrogen-bond donors (Lipinski definition) is 1. The number of nitrogens with zero attached hydrogens (tertiary/aromatic N) is 2. The Morgan fingerprint density at radius 3 is 1.62 bits per heavy atom. The summed E-state index contributed by atoms with van der Waals surface area (Å²) >= 11 is 0. The van der Waals surface area contributed by atoms with Crippen molar-refractivity contribution in [2.45, 2.75) is 6.92 Å². The van der Waals surface area contributed by atoms with Crippen LogP contribution in [0.5, 0.6) is 0 Å². The maximum Gasteiger partial charge on any atom is 0.198 e. The lowest BCUT2D eigenvalue weighted by Gasteiger charge is -2.36. The molecule has 0 saturated carbocycles. The van der Waals surface area contributed by atoms with Crippen LogP contribution in [0.25, 0.3) is 66.4 Å². The first-order valence-corrected chi connectivity index (χ1v) is 24.7. The number of rotatable bonds is 10. The van der Waals surface area contributed by atoms with Crippen molar-refractivity contribution >= 4 is 85.6 Å². The van der Waals surface area contributed by atoms with E-state index in [0.717, 1.165) is 101 Å². The fraction of sp³-hybridized carbons (Fsp3) is 0.0149. The number of para-hydroxylation sites is 3. The minimum Gasteiger partial charge on any atom is -0.454 e. The monoisotopic (exact) mass is 921 g/mol. The average molecular weight is 922 g/mol. The highest BCUT2D eigenvalue weighted by molar-refractivity contribution is 6.74. The fourth-order valence-corrected chi connectivity index (χ4v) is 10.7. The van der Waals surface area contributed by atoms with Crippen LogP contribution in [0.2, 0.25) is 0 Å². The number of fused-ring (bicyclic) bond motifs is 6. The van der Waals surface area contributed by atoms with Crippen LogP contribution in [0.15, 0.2) is 265 Å². The van der Waals surface area contributed by atoms with E-state index in [0.29, 0.717) is 7.28 Å². The molecule has 0 spiro atoms. The van der Waals surface area contributed by atoms with Crippen molar-refractivity contribution in [3.05, 3.63) is 266 Å². The third-order valence-electron chi connectivity index (χ3n) is 14.1. The molecule has 1 N–H and O–H groups in total. The second-order valence-corrected chi connectivity index (χ2v) is 18.6. The number of aryl methyl sites for hydroxylation is 1. The Balaban J connectivity index is 1.08. The molecular formula is C67H48BN3O. The van der Waals surface area contributed by atoms with Crippen molar-refractivity contribution in [2.75, 3.05) is 15.1 Å². The van der Waals surface area contributed by atoms with E-state index in [4.69, 9.17) is 4.42 Å². The zero-order valence-electron chi connectivity index (χ0n) is 39.8. The van der Waals surface area contributed by atoms with E-state index in [9.17, 15) is 0 Å². The quantitative estimate of drug-likeness (QED) is 0.139. The van der Waals surface area contributed by atoms with Crippen molar-refractivity contribution in [1.29, 1.82) is 0 Å². The molecule has 1 aromatic heterocycles. The van der Waals surface area contributed by atoms with E-state index in [-0.39, 0.29) is 0 Å². The van der Waals surface area contributed by atoms with Crippen LogP contribution in [-0.4, -0.2) is 7.28 Å². The van der Waals surface area contributed by atoms with Crippen LogP contribution in [0.1, 0.15) is 5.56 Å². The molecule has 72 heavy (non-hydrogen) atoms. The first kappa shape index (κ1) is 42.8. The van der Waals surface area contributed by atoms with E-state index < -0.39 is 0 Å². The fourth-order valence-electron chi connectivity index (χ4n) is 10.7. The Bertz CT molecular complexity index is 3890. The smallest absolute Gasteiger partial charge is 0.198 e. The third kappa shape index (κ3) is 7.78. The molecule has 1 aliphatic rings. The Hall–Kier alpha value is -9.32. The summed E-state index contributed by atoms with van der Waals surface area (Å²) in [6.07, 6.45) is 0. The highest BCUT2D eigenvalue weighted by atomic mass is 16.3. The van der Waals surface area contributed by atoms with Crippen molar-refractivity contribution in [3.63, 3.8) is 0 Å². The van der Waals surface area contributed by atoms with Crippen molar-refractivity contribution < 1.29 is 4.42 Å². The highest BCUT2D eigenvalue weighted by Crippen LogP contribution is 2.48. The molecule has 0 unspecified atom stereocenters. The van der Waals surface area contributed by atoms with Gasteiger partial charge in [-0.25, -0.2) is 0 Å². The molecule has 2 heterocycles. The Labute approximate surface area is 421 Å². The van der Waals surface area contributed by atoms with Gasteiger partial charge in [0, 0.05) is 56.1 Å². The first-order valence-electron chi connectivity index (χ1n) is 24.7. The van der Waals surface area contributed by atoms with Gasteiger partial charge in [0.2, 0.25) is 0 Å². The standard InChI is InChI=1S/C67H48BN3O/c1-45-40-50(47-22-9-3-10-23-47)35-38-62(45)71-63-39-36-55(70(53-28-13-5-14-29-53)54-30-15-6-16-31-54)43-60(63)68-65-58(44-59-56-32-17-18-33-64(56)72-67(59)66(65)71)57-42-51(48-24-11-4-12-25-48)34-37-61(57)69-52-27-19-26-49(41-52)46-20-7-2-8-21-46/h2-44,68-69H,1H3. The molecule has 0 fully saturated rings. The minimum atomic E-state index is 0.661. The number of nitrogens with one attached hydrogen (secondary N) is 1. The van der Waals surface area contributed by atoms with E-state index in [1.165, 1.54) is 27.6 Å². The minimum absolute atomic E-state index is 0.661. The Kier molecular flexibility index (Phi) is 10.8. The molecule has 0 saturated heterocycles. The van der Waals surface area contributed by atoms with E-state index in [2.05, 4.69) is 283 Å². The summed E-state index contributed by atoms with van der Waals surface area (Å²) in [5.74, 6) is 0. The van der Waals surface area contributed by atoms with E-state index in [1.807, 2.05) is 0 Å². The molecule has 5 heteroatoms. The van der Waals surface area contributed by atoms with Crippen LogP contribution in [-0.2, 0) is 0 Å². The van der Waals surface area contributed by atoms with Crippen molar-refractivity contribution in [2.24, 2.45) is 0 Å². The van der Waals surface area contributed by atoms with Gasteiger partial charge in [-0.1, -0.05) is 175 Å². The van der Waals surface area contributed by atoms with Gasteiger partial charge in [-0.3, -0.25) is 0 Å². The Morgan fingerprint density at radius 1 is 0.417 bits per heavy atom. The maximum atomic E-state index is 7.13. The van der Waals surface area contributed by atoms with Crippen molar-refractivity contribution in [3.8, 4) is 44.5 Å². The van der Waals surface area contributed by atoms with Crippen LogP contribution >= 0.6 is 0 Å². The number of anilines is 8. The zero-order chi connectivity index (χ0) is 48.0. The summed E-state index contributed by atoms with van der Waals surface area (Å²) in [6, 6.07) is 93.7. The summed E-state index contributed by atoms with van der Waals surface area (Å²) in [6.45, 7) is 2.24. The summed E-state index contributed by atoms with van der Waals surface area (Å²) in [7, 11) is 0.661. The van der Waals surface area contributed by atoms with Crippen LogP contribution < -0.4 is 26.0 Å². The largest absolute Gasteiger partial charge is 0.454 e. The summed E-state index contributed by atoms with van der Waals surface area (Å²) in [5, 5.41) is 6.11. The predicted molar refractivity (Wildman–Crippen MR) is 306 cm³/mol. The molecule has 1 aliphatic heterocycles. The van der Waals surface area contributed by atoms with Gasteiger partial charge >= 0.3 is 0 Å². The number of furan rings is 1. The molecule has 0 bridgehead atoms. The van der Waals surface area contributed by atoms with Gasteiger partial charge in [-0.15, -0.1) is 0 Å². The molecule has 13 rings (SSSR count). The average Bonchev–Trinajstić information content (AvgIpc) is 3.82. The first-order chi connectivity index (χ1) is 35.6. The maximum absolute atomic E-state index is 7.13. The Morgan fingerprint density at radius 2 is 0.972 bits per heavy atom. The lowest BCUT2D eigenvalue weighted by atomic mass is 9.57. The normalized spacial score (nSPS) is 11.8. The summed E-state index contributed by atoms with van der Waals surface area (Å²) in [5.41, 5.74) is 23.1. The molecule has 0 amide bonds. The van der Waals surface area contributed by atoms with Crippen LogP contribution in [0.3, 0.4) is 0 Å². The lowest BCUT2D eigenvalue weighted by Crippen LogP contribution is -2.41. The van der Waals surface area contributed by atoms with Gasteiger partial charge in [0.15, 0.2) is 12.9 Å². The van der Waals surface area contributed by atoms with Gasteiger partial charge in [-0.05, 0) is 148 Å². The van der Waals surface area contributed by atoms with E-state index >= 15 is 0 Å². The number of hydrogen-bond acceptors (Lipinski definition) is 4. The molecular weight excluding hydrogens is 874 g/mol. The van der Waals surface area contributed by atoms with Gasteiger partial charge in [-0.2, -0.15) is 0 Å². The van der Waals surface area contributed by atoms with Crippen LogP contribution in [0.4, 0.5) is 45.5 Å². The van der Waals surface area contributed by atoms with Gasteiger partial charge in [0.05, 0.1) is 5.69 Å². The molecule has 11 aromatic carbocycles. The van der Waals surface area contributed by atoms with Crippen LogP contribution in [0, 0.1) is 6.92 Å². The topological polar surface area (TPSA) is 31.6 Å². The zero-order valence-corrected chi connectivity index (χ0v) is 39.8. The van der Waals surface area contributed by atoms with Crippen molar-refractivity contribution in [1.82, 2.24) is 0 Å². The summed E-state index contributed by atoms with van der Waals surface area (Å²) in [4.78, 5) is 4.85. The van der Waals surface area contributed by atoms with E-state index in [1.54, 1.807) is 0 Å². The molecule has 340 valence electrons. The second-order valence-electron chi connectivity index (χ2n) is 18.6. The van der Waals surface area contributed by atoms with Gasteiger partial charge in [0.1, 0.15) is 5.58 Å².